The molecule has 0 bridgehead atoms. The Labute approximate surface area is 163 Å². The molecule has 0 aliphatic carbocycles. The number of rotatable bonds is 7. The van der Waals surface area contributed by atoms with Crippen molar-refractivity contribution in [2.45, 2.75) is 59.0 Å². The molecule has 0 spiro atoms. The second-order valence-electron chi connectivity index (χ2n) is 7.87. The first-order valence-electron chi connectivity index (χ1n) is 9.90. The zero-order valence-electron chi connectivity index (χ0n) is 17.3. The van der Waals surface area contributed by atoms with Gasteiger partial charge >= 0.3 is 6.03 Å². The predicted molar refractivity (Wildman–Crippen MR) is 109 cm³/mol. The molecule has 0 aromatic heterocycles. The smallest absolute Gasteiger partial charge is 0.324 e. The number of aliphatic hydroxyl groups excluding tert-OH is 1. The van der Waals surface area contributed by atoms with E-state index in [9.17, 15) is 9.90 Å². The molecule has 1 fully saturated rings. The SMILES string of the molecule is CCC[N+]1(C)C(NCCO)CC(C)NC1NC(=O)Nc1ccc(C)c(C)c1. The zero-order valence-corrected chi connectivity index (χ0v) is 17.3. The molecule has 1 aliphatic rings. The largest absolute Gasteiger partial charge is 0.395 e. The highest BCUT2D eigenvalue weighted by atomic mass is 16.3. The van der Waals surface area contributed by atoms with E-state index in [1.807, 2.05) is 25.1 Å². The number of nitrogens with zero attached hydrogens (tertiary/aromatic N) is 1. The van der Waals surface area contributed by atoms with E-state index in [0.717, 1.165) is 30.6 Å². The van der Waals surface area contributed by atoms with Crippen LogP contribution in [0.5, 0.6) is 0 Å². The number of hydrogen-bond donors (Lipinski definition) is 5. The fourth-order valence-electron chi connectivity index (χ4n) is 3.85. The minimum absolute atomic E-state index is 0.107. The quantitative estimate of drug-likeness (QED) is 0.469. The maximum absolute atomic E-state index is 12.7. The standard InChI is InChI=1S/C20H35N5O2/c1-6-10-25(5)18(21-9-11-26)13-16(4)22-19(25)24-20(27)23-17-8-7-14(2)15(3)12-17/h7-8,12,16,18-19,21-22,26H,6,9-11,13H2,1-5H3,(H-,23,24,27)/p+1. The second-order valence-corrected chi connectivity index (χ2v) is 7.87. The van der Waals surface area contributed by atoms with Crippen molar-refractivity contribution in [3.8, 4) is 0 Å². The van der Waals surface area contributed by atoms with Crippen LogP contribution in [0.1, 0.15) is 37.8 Å². The Morgan fingerprint density at radius 2 is 2.07 bits per heavy atom. The molecule has 7 heteroatoms. The molecule has 1 aliphatic heterocycles. The Hall–Kier alpha value is -1.67. The van der Waals surface area contributed by atoms with Crippen LogP contribution in [-0.2, 0) is 0 Å². The molecule has 1 saturated heterocycles. The first kappa shape index (κ1) is 21.6. The molecule has 4 atom stereocenters. The zero-order chi connectivity index (χ0) is 20.0. The van der Waals surface area contributed by atoms with Gasteiger partial charge in [-0.15, -0.1) is 0 Å². The molecular weight excluding hydrogens is 342 g/mol. The molecule has 0 saturated carbocycles. The molecule has 4 unspecified atom stereocenters. The third-order valence-corrected chi connectivity index (χ3v) is 5.55. The Balaban J connectivity index is 2.12. The summed E-state index contributed by atoms with van der Waals surface area (Å²) < 4.78 is 0.640. The van der Waals surface area contributed by atoms with Crippen molar-refractivity contribution in [3.63, 3.8) is 0 Å². The lowest BCUT2D eigenvalue weighted by Crippen LogP contribution is -2.77. The minimum atomic E-state index is -0.216. The van der Waals surface area contributed by atoms with Crippen molar-refractivity contribution in [3.05, 3.63) is 29.3 Å². The van der Waals surface area contributed by atoms with Gasteiger partial charge in [-0.25, -0.2) is 10.1 Å². The molecule has 5 N–H and O–H groups in total. The fourth-order valence-corrected chi connectivity index (χ4v) is 3.85. The summed E-state index contributed by atoms with van der Waals surface area (Å²) in [6, 6.07) is 5.96. The first-order valence-corrected chi connectivity index (χ1v) is 9.90. The van der Waals surface area contributed by atoms with Crippen molar-refractivity contribution in [2.24, 2.45) is 0 Å². The lowest BCUT2D eigenvalue weighted by atomic mass is 10.1. The summed E-state index contributed by atoms with van der Waals surface area (Å²) in [5.74, 6) is 0. The Kier molecular flexibility index (Phi) is 7.61. The molecule has 152 valence electrons. The van der Waals surface area contributed by atoms with E-state index in [0.29, 0.717) is 11.0 Å². The maximum atomic E-state index is 12.7. The van der Waals surface area contributed by atoms with Gasteiger partial charge in [0, 0.05) is 24.7 Å². The molecule has 0 radical (unpaired) electrons. The summed E-state index contributed by atoms with van der Waals surface area (Å²) >= 11 is 0. The van der Waals surface area contributed by atoms with Gasteiger partial charge in [0.25, 0.3) is 0 Å². The minimum Gasteiger partial charge on any atom is -0.395 e. The molecule has 2 amide bonds. The van der Waals surface area contributed by atoms with Gasteiger partial charge in [0.1, 0.15) is 6.17 Å². The number of quaternary nitrogens is 1. The van der Waals surface area contributed by atoms with Crippen molar-refractivity contribution in [2.75, 3.05) is 32.1 Å². The highest BCUT2D eigenvalue weighted by Gasteiger charge is 2.45. The number of aryl methyl sites for hydroxylation is 2. The molecule has 1 aromatic carbocycles. The summed E-state index contributed by atoms with van der Waals surface area (Å²) in [4.78, 5) is 12.7. The lowest BCUT2D eigenvalue weighted by molar-refractivity contribution is -0.970. The number of hydrogen-bond acceptors (Lipinski definition) is 4. The summed E-state index contributed by atoms with van der Waals surface area (Å²) in [5.41, 5.74) is 3.14. The van der Waals surface area contributed by atoms with Crippen molar-refractivity contribution in [1.29, 1.82) is 0 Å². The average molecular weight is 379 g/mol. The highest BCUT2D eigenvalue weighted by molar-refractivity contribution is 5.89. The number of urea groups is 1. The Morgan fingerprint density at radius 1 is 1.33 bits per heavy atom. The van der Waals surface area contributed by atoms with E-state index in [4.69, 9.17) is 0 Å². The van der Waals surface area contributed by atoms with Gasteiger partial charge in [0.2, 0.25) is 6.29 Å². The number of carbonyl (C=O) groups is 1. The van der Waals surface area contributed by atoms with Crippen molar-refractivity contribution in [1.82, 2.24) is 16.0 Å². The van der Waals surface area contributed by atoms with Crippen LogP contribution >= 0.6 is 0 Å². The summed E-state index contributed by atoms with van der Waals surface area (Å²) in [5, 5.41) is 22.3. The van der Waals surface area contributed by atoms with Crippen LogP contribution in [-0.4, -0.2) is 60.9 Å². The summed E-state index contributed by atoms with van der Waals surface area (Å²) in [6.07, 6.45) is 1.89. The molecular formula is C20H36N5O2+. The first-order chi connectivity index (χ1) is 12.8. The fraction of sp³-hybridized carbons (Fsp3) is 0.650. The molecule has 2 rings (SSSR count). The van der Waals surface area contributed by atoms with Crippen LogP contribution in [0.15, 0.2) is 18.2 Å². The van der Waals surface area contributed by atoms with Gasteiger partial charge < -0.3 is 10.4 Å². The van der Waals surface area contributed by atoms with E-state index < -0.39 is 0 Å². The third kappa shape index (κ3) is 5.42. The van der Waals surface area contributed by atoms with E-state index >= 15 is 0 Å². The van der Waals surface area contributed by atoms with E-state index in [1.165, 1.54) is 5.56 Å². The normalized spacial score (nSPS) is 28.0. The van der Waals surface area contributed by atoms with Crippen molar-refractivity contribution >= 4 is 11.7 Å². The van der Waals surface area contributed by atoms with Crippen molar-refractivity contribution < 1.29 is 14.4 Å². The average Bonchev–Trinajstić information content (AvgIpc) is 2.60. The van der Waals surface area contributed by atoms with E-state index in [1.54, 1.807) is 0 Å². The molecule has 1 aromatic rings. The number of aliphatic hydroxyl groups is 1. The van der Waals surface area contributed by atoms with Crippen LogP contribution < -0.4 is 21.3 Å². The van der Waals surface area contributed by atoms with Crippen LogP contribution in [0.4, 0.5) is 10.5 Å². The summed E-state index contributed by atoms with van der Waals surface area (Å²) in [7, 11) is 2.15. The van der Waals surface area contributed by atoms with Gasteiger partial charge in [-0.1, -0.05) is 13.0 Å². The predicted octanol–water partition coefficient (Wildman–Crippen LogP) is 1.85. The second kappa shape index (κ2) is 9.50. The van der Waals surface area contributed by atoms with E-state index in [2.05, 4.69) is 49.1 Å². The number of amides is 2. The lowest BCUT2D eigenvalue weighted by Gasteiger charge is -2.51. The molecule has 1 heterocycles. The van der Waals surface area contributed by atoms with Gasteiger partial charge in [0.05, 0.1) is 20.2 Å². The number of nitrogens with one attached hydrogen (secondary N) is 4. The van der Waals surface area contributed by atoms with Crippen LogP contribution in [0.25, 0.3) is 0 Å². The van der Waals surface area contributed by atoms with Crippen LogP contribution in [0, 0.1) is 13.8 Å². The topological polar surface area (TPSA) is 85.4 Å². The van der Waals surface area contributed by atoms with E-state index in [-0.39, 0.29) is 31.1 Å². The summed E-state index contributed by atoms with van der Waals surface area (Å²) in [6.45, 7) is 9.94. The van der Waals surface area contributed by atoms with Gasteiger partial charge in [-0.2, -0.15) is 0 Å². The van der Waals surface area contributed by atoms with Gasteiger partial charge in [-0.05, 0) is 50.5 Å². The maximum Gasteiger partial charge on any atom is 0.324 e. The Bertz CT molecular complexity index is 639. The third-order valence-electron chi connectivity index (χ3n) is 5.55. The Morgan fingerprint density at radius 3 is 2.70 bits per heavy atom. The number of carbonyl (C=O) groups excluding carboxylic acids is 1. The van der Waals surface area contributed by atoms with Gasteiger partial charge in [-0.3, -0.25) is 15.1 Å². The van der Waals surface area contributed by atoms with Gasteiger partial charge in [0.15, 0.2) is 0 Å². The molecule has 27 heavy (non-hydrogen) atoms. The molecule has 7 nitrogen and oxygen atoms in total. The number of benzene rings is 1. The monoisotopic (exact) mass is 378 g/mol. The van der Waals surface area contributed by atoms with Crippen LogP contribution in [0.3, 0.4) is 0 Å². The van der Waals surface area contributed by atoms with Crippen LogP contribution in [0.2, 0.25) is 0 Å². The highest BCUT2D eigenvalue weighted by Crippen LogP contribution is 2.23. The number of anilines is 1.